The van der Waals surface area contributed by atoms with Crippen molar-refractivity contribution in [3.05, 3.63) is 35.4 Å². The number of allylic oxidation sites excluding steroid dienone is 1. The number of amides is 1. The number of aromatic nitrogens is 1. The van der Waals surface area contributed by atoms with Gasteiger partial charge >= 0.3 is 5.97 Å². The molecule has 0 saturated carbocycles. The zero-order valence-electron chi connectivity index (χ0n) is 14.7. The number of carbonyl (C=O) groups is 3. The van der Waals surface area contributed by atoms with E-state index in [2.05, 4.69) is 19.2 Å². The molecular formula is C18H24N2O5. The van der Waals surface area contributed by atoms with Crippen molar-refractivity contribution in [2.75, 3.05) is 6.54 Å². The second-order valence-electron chi connectivity index (χ2n) is 6.72. The van der Waals surface area contributed by atoms with Crippen LogP contribution in [0.4, 0.5) is 0 Å². The van der Waals surface area contributed by atoms with Crippen molar-refractivity contribution in [3.63, 3.8) is 0 Å². The van der Waals surface area contributed by atoms with Gasteiger partial charge in [0.25, 0.3) is 5.91 Å². The average molecular weight is 348 g/mol. The fraction of sp³-hybridized carbons (Fsp3) is 0.500. The molecule has 7 nitrogen and oxygen atoms in total. The number of carboxylic acids is 1. The first-order chi connectivity index (χ1) is 11.7. The molecule has 0 unspecified atom stereocenters. The Bertz CT molecular complexity index is 734. The fourth-order valence-corrected chi connectivity index (χ4v) is 3.04. The number of fused-ring (bicyclic) bond motifs is 1. The Labute approximate surface area is 146 Å². The molecule has 0 aliphatic carbocycles. The van der Waals surface area contributed by atoms with Gasteiger partial charge in [0.2, 0.25) is 5.78 Å². The standard InChI is InChI=1S/C18H24N2O5/c1-4-11(2)7-8-18(3)16(24)14(17(25)19-10-13(21)22)15(23)12-6-5-9-20(12)18/h5-6,9,11,24H,4,7-8,10H2,1-3H3,(H,19,25)(H,21,22)/t11-,18-/m0/s1. The topological polar surface area (TPSA) is 109 Å². The third kappa shape index (κ3) is 3.45. The Hall–Kier alpha value is -2.57. The molecule has 0 saturated heterocycles. The van der Waals surface area contributed by atoms with Crippen LogP contribution in [-0.4, -0.2) is 39.0 Å². The van der Waals surface area contributed by atoms with Crippen LogP contribution in [-0.2, 0) is 15.1 Å². The molecule has 0 fully saturated rings. The Morgan fingerprint density at radius 2 is 2.08 bits per heavy atom. The van der Waals surface area contributed by atoms with E-state index in [9.17, 15) is 19.5 Å². The van der Waals surface area contributed by atoms with Crippen LogP contribution in [0.5, 0.6) is 0 Å². The van der Waals surface area contributed by atoms with Gasteiger partial charge in [-0.25, -0.2) is 0 Å². The average Bonchev–Trinajstić information content (AvgIpc) is 3.07. The maximum absolute atomic E-state index is 12.6. The number of aliphatic carboxylic acids is 1. The molecule has 136 valence electrons. The molecule has 0 aromatic carbocycles. The van der Waals surface area contributed by atoms with Crippen LogP contribution < -0.4 is 5.32 Å². The van der Waals surface area contributed by atoms with Crippen molar-refractivity contribution in [2.45, 2.75) is 45.6 Å². The largest absolute Gasteiger partial charge is 0.509 e. The van der Waals surface area contributed by atoms with Gasteiger partial charge in [-0.2, -0.15) is 0 Å². The minimum atomic E-state index is -1.22. The molecule has 2 atom stereocenters. The van der Waals surface area contributed by atoms with E-state index >= 15 is 0 Å². The van der Waals surface area contributed by atoms with Crippen LogP contribution >= 0.6 is 0 Å². The molecular weight excluding hydrogens is 324 g/mol. The van der Waals surface area contributed by atoms with Crippen LogP contribution in [0.1, 0.15) is 50.5 Å². The summed E-state index contributed by atoms with van der Waals surface area (Å²) in [6, 6.07) is 3.29. The van der Waals surface area contributed by atoms with Gasteiger partial charge in [-0.15, -0.1) is 0 Å². The summed E-state index contributed by atoms with van der Waals surface area (Å²) in [5, 5.41) is 21.6. The van der Waals surface area contributed by atoms with Crippen LogP contribution in [0.15, 0.2) is 29.7 Å². The normalized spacial score (nSPS) is 21.0. The van der Waals surface area contributed by atoms with Crippen molar-refractivity contribution in [2.24, 2.45) is 5.92 Å². The molecule has 0 bridgehead atoms. The summed E-state index contributed by atoms with van der Waals surface area (Å²) in [7, 11) is 0. The second kappa shape index (κ2) is 7.13. The highest BCUT2D eigenvalue weighted by Crippen LogP contribution is 2.39. The van der Waals surface area contributed by atoms with E-state index in [1.165, 1.54) is 0 Å². The third-order valence-corrected chi connectivity index (χ3v) is 4.94. The first-order valence-corrected chi connectivity index (χ1v) is 8.38. The molecule has 7 heteroatoms. The number of aliphatic hydroxyl groups excluding tert-OH is 1. The lowest BCUT2D eigenvalue weighted by Crippen LogP contribution is -2.44. The molecule has 1 aromatic rings. The number of hydrogen-bond donors (Lipinski definition) is 3. The monoisotopic (exact) mass is 348 g/mol. The van der Waals surface area contributed by atoms with Crippen molar-refractivity contribution >= 4 is 17.7 Å². The molecule has 2 rings (SSSR count). The highest BCUT2D eigenvalue weighted by atomic mass is 16.4. The van der Waals surface area contributed by atoms with E-state index < -0.39 is 29.7 Å². The lowest BCUT2D eigenvalue weighted by atomic mass is 9.82. The molecule has 0 spiro atoms. The summed E-state index contributed by atoms with van der Waals surface area (Å²) in [6.07, 6.45) is 4.07. The number of carboxylic acid groups (broad SMARTS) is 1. The SMILES string of the molecule is CC[C@H](C)CC[C@@]1(C)C(O)=C(C(=O)NCC(=O)O)C(=O)c2cccn21. The zero-order chi connectivity index (χ0) is 18.8. The first kappa shape index (κ1) is 18.8. The molecule has 1 aromatic heterocycles. The van der Waals surface area contributed by atoms with Gasteiger partial charge in [0.05, 0.1) is 11.2 Å². The van der Waals surface area contributed by atoms with Crippen LogP contribution in [0.3, 0.4) is 0 Å². The quantitative estimate of drug-likeness (QED) is 0.655. The number of nitrogens with zero attached hydrogens (tertiary/aromatic N) is 1. The predicted molar refractivity (Wildman–Crippen MR) is 91.4 cm³/mol. The number of carbonyl (C=O) groups excluding carboxylic acids is 2. The summed E-state index contributed by atoms with van der Waals surface area (Å²) in [6.45, 7) is 5.35. The first-order valence-electron chi connectivity index (χ1n) is 8.38. The number of ketones is 1. The highest BCUT2D eigenvalue weighted by Gasteiger charge is 2.44. The van der Waals surface area contributed by atoms with Gasteiger partial charge in [-0.1, -0.05) is 20.3 Å². The van der Waals surface area contributed by atoms with Crippen LogP contribution in [0, 0.1) is 5.92 Å². The Morgan fingerprint density at radius 3 is 2.68 bits per heavy atom. The van der Waals surface area contributed by atoms with E-state index in [-0.39, 0.29) is 11.3 Å². The Kier molecular flexibility index (Phi) is 5.35. The number of nitrogens with one attached hydrogen (secondary N) is 1. The smallest absolute Gasteiger partial charge is 0.322 e. The van der Waals surface area contributed by atoms with Crippen LogP contribution in [0.2, 0.25) is 0 Å². The van der Waals surface area contributed by atoms with Crippen molar-refractivity contribution in [1.82, 2.24) is 9.88 Å². The molecule has 25 heavy (non-hydrogen) atoms. The van der Waals surface area contributed by atoms with E-state index in [1.54, 1.807) is 29.8 Å². The predicted octanol–water partition coefficient (Wildman–Crippen LogP) is 2.24. The van der Waals surface area contributed by atoms with Gasteiger partial charge in [0.1, 0.15) is 17.9 Å². The van der Waals surface area contributed by atoms with Crippen molar-refractivity contribution < 1.29 is 24.6 Å². The maximum Gasteiger partial charge on any atom is 0.322 e. The van der Waals surface area contributed by atoms with Gasteiger partial charge in [0.15, 0.2) is 0 Å². The summed E-state index contributed by atoms with van der Waals surface area (Å²) < 4.78 is 1.70. The van der Waals surface area contributed by atoms with Crippen LogP contribution in [0.25, 0.3) is 0 Å². The molecule has 1 aliphatic rings. The van der Waals surface area contributed by atoms with Gasteiger partial charge in [0, 0.05) is 6.20 Å². The number of hydrogen-bond acceptors (Lipinski definition) is 4. The van der Waals surface area contributed by atoms with Crippen molar-refractivity contribution in [3.8, 4) is 0 Å². The molecule has 1 amide bonds. The summed E-state index contributed by atoms with van der Waals surface area (Å²) in [5.41, 5.74) is -0.990. The van der Waals surface area contributed by atoms with E-state index in [4.69, 9.17) is 5.11 Å². The molecule has 1 aliphatic heterocycles. The van der Waals surface area contributed by atoms with Gasteiger partial charge < -0.3 is 20.1 Å². The lowest BCUT2D eigenvalue weighted by Gasteiger charge is -2.37. The summed E-state index contributed by atoms with van der Waals surface area (Å²) in [5.74, 6) is -2.57. The zero-order valence-corrected chi connectivity index (χ0v) is 14.7. The second-order valence-corrected chi connectivity index (χ2v) is 6.72. The minimum absolute atomic E-state index is 0.310. The third-order valence-electron chi connectivity index (χ3n) is 4.94. The van der Waals surface area contributed by atoms with Gasteiger partial charge in [-0.05, 0) is 37.8 Å². The number of aliphatic hydroxyl groups is 1. The maximum atomic E-state index is 12.6. The van der Waals surface area contributed by atoms with Crippen molar-refractivity contribution in [1.29, 1.82) is 0 Å². The molecule has 0 radical (unpaired) electrons. The van der Waals surface area contributed by atoms with Gasteiger partial charge in [-0.3, -0.25) is 14.4 Å². The Balaban J connectivity index is 2.43. The van der Waals surface area contributed by atoms with E-state index in [0.717, 1.165) is 12.8 Å². The highest BCUT2D eigenvalue weighted by molar-refractivity contribution is 6.26. The lowest BCUT2D eigenvalue weighted by molar-refractivity contribution is -0.137. The Morgan fingerprint density at radius 1 is 1.40 bits per heavy atom. The summed E-state index contributed by atoms with van der Waals surface area (Å²) >= 11 is 0. The number of rotatable bonds is 7. The van der Waals surface area contributed by atoms with E-state index in [1.807, 2.05) is 0 Å². The molecule has 2 heterocycles. The van der Waals surface area contributed by atoms with E-state index in [0.29, 0.717) is 18.0 Å². The summed E-state index contributed by atoms with van der Waals surface area (Å²) in [4.78, 5) is 35.6. The number of Topliss-reactive ketones (excluding diaryl/α,β-unsaturated/α-hetero) is 1. The molecule has 3 N–H and O–H groups in total. The fourth-order valence-electron chi connectivity index (χ4n) is 3.04. The minimum Gasteiger partial charge on any atom is -0.509 e.